The average molecular weight is 301 g/mol. The molecule has 1 fully saturated rings. The predicted octanol–water partition coefficient (Wildman–Crippen LogP) is 3.39. The number of piperidine rings is 1. The molecule has 0 saturated carbocycles. The number of hydrogen-bond acceptors (Lipinski definition) is 4. The van der Waals surface area contributed by atoms with Crippen LogP contribution in [-0.2, 0) is 0 Å². The molecule has 0 radical (unpaired) electrons. The molecule has 0 bridgehead atoms. The van der Waals surface area contributed by atoms with Crippen molar-refractivity contribution in [2.45, 2.75) is 45.6 Å². The van der Waals surface area contributed by atoms with Gasteiger partial charge in [0.2, 0.25) is 0 Å². The fourth-order valence-electron chi connectivity index (χ4n) is 2.81. The van der Waals surface area contributed by atoms with Crippen molar-refractivity contribution in [2.24, 2.45) is 5.41 Å². The molecule has 4 nitrogen and oxygen atoms in total. The van der Waals surface area contributed by atoms with Gasteiger partial charge in [-0.15, -0.1) is 0 Å². The van der Waals surface area contributed by atoms with Gasteiger partial charge in [0.05, 0.1) is 29.0 Å². The molecule has 0 atom stereocenters. The number of nitrogens with one attached hydrogen (secondary N) is 1. The van der Waals surface area contributed by atoms with Crippen LogP contribution in [0.4, 0.5) is 11.4 Å². The minimum absolute atomic E-state index is 0.149. The highest BCUT2D eigenvalue weighted by atomic mass is 16.3. The summed E-state index contributed by atoms with van der Waals surface area (Å²) in [7, 11) is 0. The second-order valence-electron chi connectivity index (χ2n) is 6.76. The first-order valence-corrected chi connectivity index (χ1v) is 8.19. The number of nitrogens with zero attached hydrogens (tertiary/aromatic N) is 2. The molecule has 0 aliphatic carbocycles. The molecule has 120 valence electrons. The molecular formula is C18H27N3O. The van der Waals surface area contributed by atoms with Crippen LogP contribution in [0.1, 0.15) is 39.5 Å². The van der Waals surface area contributed by atoms with E-state index in [4.69, 9.17) is 5.26 Å². The number of hydrogen-bond donors (Lipinski definition) is 2. The summed E-state index contributed by atoms with van der Waals surface area (Å²) in [6.45, 7) is 6.65. The minimum Gasteiger partial charge on any atom is -0.393 e. The van der Waals surface area contributed by atoms with Crippen molar-refractivity contribution in [3.05, 3.63) is 24.3 Å². The summed E-state index contributed by atoms with van der Waals surface area (Å²) in [5.74, 6) is 0. The second-order valence-corrected chi connectivity index (χ2v) is 6.76. The highest BCUT2D eigenvalue weighted by Gasteiger charge is 2.19. The maximum Gasteiger partial charge on any atom is 0.0683 e. The molecule has 0 spiro atoms. The van der Waals surface area contributed by atoms with Crippen molar-refractivity contribution in [3.8, 4) is 6.07 Å². The molecule has 1 saturated heterocycles. The van der Waals surface area contributed by atoms with E-state index >= 15 is 0 Å². The molecule has 2 N–H and O–H groups in total. The van der Waals surface area contributed by atoms with Gasteiger partial charge in [-0.25, -0.2) is 0 Å². The summed E-state index contributed by atoms with van der Waals surface area (Å²) in [4.78, 5) is 2.34. The fraction of sp³-hybridized carbons (Fsp3) is 0.611. The van der Waals surface area contributed by atoms with Gasteiger partial charge in [0.25, 0.3) is 0 Å². The third-order valence-corrected chi connectivity index (χ3v) is 4.31. The Bertz CT molecular complexity index is 513. The van der Waals surface area contributed by atoms with Crippen molar-refractivity contribution < 1.29 is 5.11 Å². The lowest BCUT2D eigenvalue weighted by Crippen LogP contribution is -2.36. The van der Waals surface area contributed by atoms with Gasteiger partial charge in [0.1, 0.15) is 0 Å². The van der Waals surface area contributed by atoms with Gasteiger partial charge in [-0.05, 0) is 51.7 Å². The number of aliphatic hydroxyl groups is 1. The summed E-state index contributed by atoms with van der Waals surface area (Å²) in [6.07, 6.45) is 3.40. The van der Waals surface area contributed by atoms with Gasteiger partial charge in [0.15, 0.2) is 0 Å². The van der Waals surface area contributed by atoms with Crippen LogP contribution in [-0.4, -0.2) is 30.8 Å². The van der Waals surface area contributed by atoms with E-state index in [2.05, 4.69) is 34.5 Å². The Kier molecular flexibility index (Phi) is 5.68. The monoisotopic (exact) mass is 301 g/mol. The highest BCUT2D eigenvalue weighted by Crippen LogP contribution is 2.28. The second kappa shape index (κ2) is 7.51. The van der Waals surface area contributed by atoms with E-state index in [0.717, 1.165) is 51.0 Å². The third-order valence-electron chi connectivity index (χ3n) is 4.31. The molecule has 2 rings (SSSR count). The largest absolute Gasteiger partial charge is 0.393 e. The number of nitriles is 1. The molecule has 0 amide bonds. The summed E-state index contributed by atoms with van der Waals surface area (Å²) in [5.41, 5.74) is 2.12. The smallest absolute Gasteiger partial charge is 0.0683 e. The van der Waals surface area contributed by atoms with Crippen molar-refractivity contribution in [1.29, 1.82) is 5.26 Å². The summed E-state index contributed by atoms with van der Waals surface area (Å²) in [6, 6.07) is 10.7. The minimum atomic E-state index is -0.246. The quantitative estimate of drug-likeness (QED) is 0.791. The average Bonchev–Trinajstić information content (AvgIpc) is 2.53. The van der Waals surface area contributed by atoms with E-state index in [-0.39, 0.29) is 11.5 Å². The van der Waals surface area contributed by atoms with Crippen LogP contribution >= 0.6 is 0 Å². The first-order valence-electron chi connectivity index (χ1n) is 8.19. The van der Waals surface area contributed by atoms with Crippen LogP contribution in [0.5, 0.6) is 0 Å². The first-order chi connectivity index (χ1) is 10.5. The van der Waals surface area contributed by atoms with Gasteiger partial charge < -0.3 is 15.3 Å². The molecule has 1 aromatic carbocycles. The maximum absolute atomic E-state index is 9.65. The van der Waals surface area contributed by atoms with Crippen LogP contribution in [0.2, 0.25) is 0 Å². The van der Waals surface area contributed by atoms with Crippen LogP contribution < -0.4 is 10.2 Å². The Morgan fingerprint density at radius 1 is 1.32 bits per heavy atom. The number of benzene rings is 1. The molecule has 1 aliphatic rings. The normalized spacial score (nSPS) is 16.4. The van der Waals surface area contributed by atoms with Gasteiger partial charge in [-0.1, -0.05) is 12.1 Å². The molecule has 22 heavy (non-hydrogen) atoms. The molecule has 1 heterocycles. The zero-order valence-electron chi connectivity index (χ0n) is 13.7. The van der Waals surface area contributed by atoms with E-state index in [1.54, 1.807) is 0 Å². The predicted molar refractivity (Wildman–Crippen MR) is 91.0 cm³/mol. The van der Waals surface area contributed by atoms with Gasteiger partial charge >= 0.3 is 0 Å². The summed E-state index contributed by atoms with van der Waals surface area (Å²) >= 11 is 0. The van der Waals surface area contributed by atoms with Crippen LogP contribution in [0, 0.1) is 16.7 Å². The van der Waals surface area contributed by atoms with Gasteiger partial charge in [-0.2, -0.15) is 5.26 Å². The van der Waals surface area contributed by atoms with Crippen LogP contribution in [0.3, 0.4) is 0 Å². The van der Waals surface area contributed by atoms with Gasteiger partial charge in [0, 0.05) is 19.6 Å². The molecule has 4 heteroatoms. The number of para-hydroxylation sites is 2. The number of anilines is 2. The zero-order valence-corrected chi connectivity index (χ0v) is 13.7. The lowest BCUT2D eigenvalue weighted by molar-refractivity contribution is 0.145. The Hall–Kier alpha value is -1.73. The van der Waals surface area contributed by atoms with E-state index in [1.807, 2.05) is 19.9 Å². The van der Waals surface area contributed by atoms with Crippen molar-refractivity contribution in [3.63, 3.8) is 0 Å². The van der Waals surface area contributed by atoms with E-state index in [0.29, 0.717) is 0 Å². The SMILES string of the molecule is CC(C)(C#N)CCCNc1ccccc1N1CCC(O)CC1. The zero-order chi connectivity index (χ0) is 16.0. The van der Waals surface area contributed by atoms with Gasteiger partial charge in [-0.3, -0.25) is 0 Å². The van der Waals surface area contributed by atoms with Crippen LogP contribution in [0.15, 0.2) is 24.3 Å². The van der Waals surface area contributed by atoms with Crippen molar-refractivity contribution in [1.82, 2.24) is 0 Å². The number of aliphatic hydroxyl groups excluding tert-OH is 1. The molecule has 0 aromatic heterocycles. The van der Waals surface area contributed by atoms with Crippen LogP contribution in [0.25, 0.3) is 0 Å². The molecule has 1 aliphatic heterocycles. The topological polar surface area (TPSA) is 59.3 Å². The standard InChI is InChI=1S/C18H27N3O/c1-18(2,14-19)10-5-11-20-16-6-3-4-7-17(16)21-12-8-15(22)9-13-21/h3-4,6-7,15,20,22H,5,8-13H2,1-2H3. The fourth-order valence-corrected chi connectivity index (χ4v) is 2.81. The molecular weight excluding hydrogens is 274 g/mol. The summed E-state index contributed by atoms with van der Waals surface area (Å²) in [5, 5.41) is 22.2. The van der Waals surface area contributed by atoms with E-state index in [1.165, 1.54) is 5.69 Å². The lowest BCUT2D eigenvalue weighted by atomic mass is 9.90. The molecule has 0 unspecified atom stereocenters. The lowest BCUT2D eigenvalue weighted by Gasteiger charge is -2.33. The highest BCUT2D eigenvalue weighted by molar-refractivity contribution is 5.70. The Morgan fingerprint density at radius 3 is 2.68 bits per heavy atom. The van der Waals surface area contributed by atoms with Crippen molar-refractivity contribution in [2.75, 3.05) is 29.9 Å². The first kappa shape index (κ1) is 16.6. The maximum atomic E-state index is 9.65. The number of rotatable bonds is 6. The Morgan fingerprint density at radius 2 is 2.00 bits per heavy atom. The van der Waals surface area contributed by atoms with Crippen molar-refractivity contribution >= 4 is 11.4 Å². The van der Waals surface area contributed by atoms with E-state index in [9.17, 15) is 5.11 Å². The summed E-state index contributed by atoms with van der Waals surface area (Å²) < 4.78 is 0. The Balaban J connectivity index is 1.90. The van der Waals surface area contributed by atoms with E-state index < -0.39 is 0 Å². The third kappa shape index (κ3) is 4.64. The molecule has 1 aromatic rings. The Labute approximate surface area is 133 Å².